The zero-order valence-corrected chi connectivity index (χ0v) is 13.5. The van der Waals surface area contributed by atoms with E-state index in [0.29, 0.717) is 16.3 Å². The lowest BCUT2D eigenvalue weighted by Crippen LogP contribution is -2.14. The molecule has 0 saturated carbocycles. The number of anilines is 2. The van der Waals surface area contributed by atoms with Crippen molar-refractivity contribution in [3.05, 3.63) is 30.0 Å². The number of sulfonamides is 1. The molecule has 2 heterocycles. The van der Waals surface area contributed by atoms with Gasteiger partial charge in [0.2, 0.25) is 16.0 Å². The summed E-state index contributed by atoms with van der Waals surface area (Å²) in [6.07, 6.45) is 1.03. The molecule has 0 aliphatic rings. The second-order valence-corrected chi connectivity index (χ2v) is 7.53. The third-order valence-corrected chi connectivity index (χ3v) is 4.51. The molecule has 3 rings (SSSR count). The summed E-state index contributed by atoms with van der Waals surface area (Å²) in [6, 6.07) is 7.75. The van der Waals surface area contributed by atoms with Gasteiger partial charge in [-0.2, -0.15) is 4.98 Å². The summed E-state index contributed by atoms with van der Waals surface area (Å²) >= 11 is 1.49. The maximum atomic E-state index is 11.3. The van der Waals surface area contributed by atoms with E-state index < -0.39 is 10.0 Å². The Bertz CT molecular complexity index is 909. The lowest BCUT2D eigenvalue weighted by Gasteiger charge is -2.08. The third-order valence-electron chi connectivity index (χ3n) is 2.90. The first-order chi connectivity index (χ1) is 10.3. The molecule has 7 nitrogen and oxygen atoms in total. The molecule has 114 valence electrons. The molecular weight excluding hydrogens is 322 g/mol. The smallest absolute Gasteiger partial charge is 0.238 e. The summed E-state index contributed by atoms with van der Waals surface area (Å²) in [5.74, 6) is 0.153. The van der Waals surface area contributed by atoms with Gasteiger partial charge < -0.3 is 5.73 Å². The van der Waals surface area contributed by atoms with Gasteiger partial charge in [0, 0.05) is 0 Å². The van der Waals surface area contributed by atoms with Crippen molar-refractivity contribution < 1.29 is 8.42 Å². The Hall–Kier alpha value is -2.26. The Labute approximate surface area is 131 Å². The van der Waals surface area contributed by atoms with Crippen molar-refractivity contribution in [2.45, 2.75) is 6.92 Å². The van der Waals surface area contributed by atoms with Crippen LogP contribution < -0.4 is 10.5 Å². The fourth-order valence-electron chi connectivity index (χ4n) is 2.05. The zero-order valence-electron chi connectivity index (χ0n) is 11.9. The number of hydrogen-bond donors (Lipinski definition) is 2. The third kappa shape index (κ3) is 2.85. The normalized spacial score (nSPS) is 11.7. The molecule has 1 aromatic carbocycles. The number of aryl methyl sites for hydroxylation is 1. The summed E-state index contributed by atoms with van der Waals surface area (Å²) in [6.45, 7) is 1.74. The highest BCUT2D eigenvalue weighted by Crippen LogP contribution is 2.34. The fourth-order valence-corrected chi connectivity index (χ4v) is 3.54. The number of hydrogen-bond acceptors (Lipinski definition) is 7. The first-order valence-electron chi connectivity index (χ1n) is 6.31. The van der Waals surface area contributed by atoms with E-state index in [1.54, 1.807) is 6.92 Å². The molecule has 0 aliphatic carbocycles. The summed E-state index contributed by atoms with van der Waals surface area (Å²) < 4.78 is 25.8. The molecule has 0 spiro atoms. The van der Waals surface area contributed by atoms with Gasteiger partial charge >= 0.3 is 0 Å². The standard InChI is InChI=1S/C13H13N5O2S2/c1-7-10(11(14)17-13(15-7)18-22(2,19)20)12-16-8-5-3-4-6-9(8)21-12/h3-6H,1-2H3,(H3,14,15,17,18). The minimum atomic E-state index is -3.45. The van der Waals surface area contributed by atoms with Crippen LogP contribution in [-0.4, -0.2) is 29.6 Å². The van der Waals surface area contributed by atoms with E-state index in [0.717, 1.165) is 16.5 Å². The Kier molecular flexibility index (Phi) is 3.45. The number of nitrogens with two attached hydrogens (primary N) is 1. The Morgan fingerprint density at radius 3 is 2.55 bits per heavy atom. The summed E-state index contributed by atoms with van der Waals surface area (Å²) in [5.41, 5.74) is 8.04. The van der Waals surface area contributed by atoms with Crippen LogP contribution in [0.4, 0.5) is 11.8 Å². The van der Waals surface area contributed by atoms with Crippen molar-refractivity contribution in [2.75, 3.05) is 16.7 Å². The SMILES string of the molecule is Cc1nc(NS(C)(=O)=O)nc(N)c1-c1nc2ccccc2s1. The number of para-hydroxylation sites is 1. The van der Waals surface area contributed by atoms with Crippen LogP contribution in [0.1, 0.15) is 5.69 Å². The van der Waals surface area contributed by atoms with Crippen molar-refractivity contribution in [1.82, 2.24) is 15.0 Å². The molecule has 0 amide bonds. The van der Waals surface area contributed by atoms with Crippen molar-refractivity contribution in [3.63, 3.8) is 0 Å². The molecule has 9 heteroatoms. The molecular formula is C13H13N5O2S2. The van der Waals surface area contributed by atoms with Gasteiger partial charge in [0.1, 0.15) is 10.8 Å². The van der Waals surface area contributed by atoms with Gasteiger partial charge in [-0.1, -0.05) is 12.1 Å². The first kappa shape index (κ1) is 14.7. The monoisotopic (exact) mass is 335 g/mol. The lowest BCUT2D eigenvalue weighted by molar-refractivity contribution is 0.606. The summed E-state index contributed by atoms with van der Waals surface area (Å²) in [7, 11) is -3.45. The van der Waals surface area contributed by atoms with E-state index in [2.05, 4.69) is 19.7 Å². The second-order valence-electron chi connectivity index (χ2n) is 4.75. The predicted octanol–water partition coefficient (Wildman–Crippen LogP) is 2.02. The molecule has 2 aromatic heterocycles. The number of fused-ring (bicyclic) bond motifs is 1. The van der Waals surface area contributed by atoms with Crippen molar-refractivity contribution in [2.24, 2.45) is 0 Å². The molecule has 3 N–H and O–H groups in total. The van der Waals surface area contributed by atoms with Gasteiger partial charge in [-0.3, -0.25) is 4.72 Å². The molecule has 0 radical (unpaired) electrons. The number of thiazole rings is 1. The van der Waals surface area contributed by atoms with Crippen LogP contribution in [0.3, 0.4) is 0 Å². The summed E-state index contributed by atoms with van der Waals surface area (Å²) in [5, 5.41) is 0.710. The molecule has 0 bridgehead atoms. The van der Waals surface area contributed by atoms with E-state index in [9.17, 15) is 8.42 Å². The molecule has 0 aliphatic heterocycles. The number of rotatable bonds is 3. The van der Waals surface area contributed by atoms with Gasteiger partial charge in [-0.05, 0) is 19.1 Å². The minimum absolute atomic E-state index is 0.0395. The van der Waals surface area contributed by atoms with Crippen LogP contribution in [0.5, 0.6) is 0 Å². The second kappa shape index (κ2) is 5.18. The molecule has 3 aromatic rings. The van der Waals surface area contributed by atoms with Gasteiger partial charge in [0.25, 0.3) is 0 Å². The van der Waals surface area contributed by atoms with Crippen LogP contribution in [-0.2, 0) is 10.0 Å². The highest BCUT2D eigenvalue weighted by Gasteiger charge is 2.16. The van der Waals surface area contributed by atoms with Crippen LogP contribution in [0.2, 0.25) is 0 Å². The quantitative estimate of drug-likeness (QED) is 0.757. The average molecular weight is 335 g/mol. The maximum absolute atomic E-state index is 11.3. The van der Waals surface area contributed by atoms with E-state index in [4.69, 9.17) is 5.73 Å². The van der Waals surface area contributed by atoms with Gasteiger partial charge in [-0.15, -0.1) is 11.3 Å². The molecule has 0 unspecified atom stereocenters. The van der Waals surface area contributed by atoms with Gasteiger partial charge in [0.05, 0.1) is 27.7 Å². The summed E-state index contributed by atoms with van der Waals surface area (Å²) in [4.78, 5) is 12.7. The fraction of sp³-hybridized carbons (Fsp3) is 0.154. The molecule has 0 fully saturated rings. The number of nitrogens with zero attached hydrogens (tertiary/aromatic N) is 3. The first-order valence-corrected chi connectivity index (χ1v) is 9.02. The lowest BCUT2D eigenvalue weighted by atomic mass is 10.2. The Morgan fingerprint density at radius 2 is 1.91 bits per heavy atom. The largest absolute Gasteiger partial charge is 0.383 e. The Morgan fingerprint density at radius 1 is 1.18 bits per heavy atom. The predicted molar refractivity (Wildman–Crippen MR) is 88.3 cm³/mol. The topological polar surface area (TPSA) is 111 Å². The van der Waals surface area contributed by atoms with Crippen molar-refractivity contribution in [3.8, 4) is 10.6 Å². The molecule has 0 saturated heterocycles. The van der Waals surface area contributed by atoms with E-state index in [1.807, 2.05) is 24.3 Å². The number of aromatic nitrogens is 3. The zero-order chi connectivity index (χ0) is 15.9. The number of benzene rings is 1. The average Bonchev–Trinajstić information content (AvgIpc) is 2.78. The Balaban J connectivity index is 2.11. The minimum Gasteiger partial charge on any atom is -0.383 e. The van der Waals surface area contributed by atoms with E-state index in [-0.39, 0.29) is 11.8 Å². The number of nitrogen functional groups attached to an aromatic ring is 1. The van der Waals surface area contributed by atoms with E-state index >= 15 is 0 Å². The van der Waals surface area contributed by atoms with Gasteiger partial charge in [-0.25, -0.2) is 18.4 Å². The molecule has 22 heavy (non-hydrogen) atoms. The van der Waals surface area contributed by atoms with Gasteiger partial charge in [0.15, 0.2) is 0 Å². The van der Waals surface area contributed by atoms with Crippen LogP contribution >= 0.6 is 11.3 Å². The maximum Gasteiger partial charge on any atom is 0.238 e. The highest BCUT2D eigenvalue weighted by atomic mass is 32.2. The highest BCUT2D eigenvalue weighted by molar-refractivity contribution is 7.91. The van der Waals surface area contributed by atoms with Crippen LogP contribution in [0.15, 0.2) is 24.3 Å². The van der Waals surface area contributed by atoms with E-state index in [1.165, 1.54) is 11.3 Å². The van der Waals surface area contributed by atoms with Crippen molar-refractivity contribution >= 4 is 43.3 Å². The van der Waals surface area contributed by atoms with Crippen LogP contribution in [0.25, 0.3) is 20.8 Å². The van der Waals surface area contributed by atoms with Crippen molar-refractivity contribution in [1.29, 1.82) is 0 Å². The number of nitrogens with one attached hydrogen (secondary N) is 1. The van der Waals surface area contributed by atoms with Crippen LogP contribution in [0, 0.1) is 6.92 Å². The molecule has 0 atom stereocenters.